The molecule has 1 aromatic heterocycles. The molecule has 1 aromatic rings. The fourth-order valence-electron chi connectivity index (χ4n) is 2.37. The molecule has 2 rings (SSSR count). The summed E-state index contributed by atoms with van der Waals surface area (Å²) in [6, 6.07) is 0. The average molecular weight is 255 g/mol. The van der Waals surface area contributed by atoms with Crippen molar-refractivity contribution in [2.24, 2.45) is 11.8 Å². The molecule has 1 aliphatic carbocycles. The molecule has 2 unspecified atom stereocenters. The van der Waals surface area contributed by atoms with E-state index in [0.29, 0.717) is 23.3 Å². The van der Waals surface area contributed by atoms with E-state index < -0.39 is 0 Å². The van der Waals surface area contributed by atoms with E-state index in [4.69, 9.17) is 0 Å². The highest BCUT2D eigenvalue weighted by Gasteiger charge is 2.24. The second-order valence-corrected chi connectivity index (χ2v) is 5.26. The lowest BCUT2D eigenvalue weighted by molar-refractivity contribution is 0.0913. The molecule has 5 nitrogen and oxygen atoms in total. The van der Waals surface area contributed by atoms with Crippen LogP contribution in [0.2, 0.25) is 0 Å². The molecule has 17 heavy (non-hydrogen) atoms. The van der Waals surface area contributed by atoms with Crippen molar-refractivity contribution in [3.05, 3.63) is 11.1 Å². The van der Waals surface area contributed by atoms with Crippen molar-refractivity contribution in [2.45, 2.75) is 25.7 Å². The molecule has 2 N–H and O–H groups in total. The largest absolute Gasteiger partial charge is 0.396 e. The molecule has 0 aromatic carbocycles. The zero-order chi connectivity index (χ0) is 12.1. The molecule has 0 bridgehead atoms. The van der Waals surface area contributed by atoms with Gasteiger partial charge in [0.1, 0.15) is 4.88 Å². The van der Waals surface area contributed by atoms with Gasteiger partial charge in [-0.25, -0.2) is 0 Å². The first-order chi connectivity index (χ1) is 8.31. The van der Waals surface area contributed by atoms with Gasteiger partial charge in [-0.05, 0) is 36.2 Å². The molecule has 6 heteroatoms. The molecule has 0 spiro atoms. The average Bonchev–Trinajstić information content (AvgIpc) is 2.90. The van der Waals surface area contributed by atoms with E-state index in [1.807, 2.05) is 0 Å². The van der Waals surface area contributed by atoms with E-state index in [0.717, 1.165) is 24.4 Å². The van der Waals surface area contributed by atoms with Crippen LogP contribution in [0.1, 0.15) is 35.4 Å². The third-order valence-electron chi connectivity index (χ3n) is 3.41. The van der Waals surface area contributed by atoms with Gasteiger partial charge in [0.15, 0.2) is 0 Å². The number of hydrogen-bond acceptors (Lipinski definition) is 5. The maximum atomic E-state index is 11.7. The first-order valence-electron chi connectivity index (χ1n) is 5.97. The molecule has 0 aliphatic heterocycles. The smallest absolute Gasteiger partial charge is 0.264 e. The van der Waals surface area contributed by atoms with Gasteiger partial charge in [0.25, 0.3) is 5.91 Å². The predicted octanol–water partition coefficient (Wildman–Crippen LogP) is 1.07. The van der Waals surface area contributed by atoms with Crippen LogP contribution in [-0.2, 0) is 0 Å². The molecule has 2 atom stereocenters. The predicted molar refractivity (Wildman–Crippen MR) is 64.8 cm³/mol. The van der Waals surface area contributed by atoms with Gasteiger partial charge in [0.05, 0.1) is 6.20 Å². The van der Waals surface area contributed by atoms with Gasteiger partial charge >= 0.3 is 0 Å². The van der Waals surface area contributed by atoms with Gasteiger partial charge in [-0.1, -0.05) is 17.3 Å². The van der Waals surface area contributed by atoms with Crippen molar-refractivity contribution in [3.63, 3.8) is 0 Å². The summed E-state index contributed by atoms with van der Waals surface area (Å²) in [7, 11) is 0. The monoisotopic (exact) mass is 255 g/mol. The lowest BCUT2D eigenvalue weighted by atomic mass is 9.79. The Kier molecular flexibility index (Phi) is 4.44. The molecule has 1 aliphatic rings. The summed E-state index contributed by atoms with van der Waals surface area (Å²) in [5.74, 6) is 0.629. The topological polar surface area (TPSA) is 75.1 Å². The third kappa shape index (κ3) is 3.23. The van der Waals surface area contributed by atoms with Crippen LogP contribution in [0.5, 0.6) is 0 Å². The second kappa shape index (κ2) is 6.07. The summed E-state index contributed by atoms with van der Waals surface area (Å²) in [4.78, 5) is 12.2. The number of carbonyl (C=O) groups excluding carboxylic acids is 1. The molecule has 1 fully saturated rings. The highest BCUT2D eigenvalue weighted by molar-refractivity contribution is 7.07. The fraction of sp³-hybridized carbons (Fsp3) is 0.727. The van der Waals surface area contributed by atoms with Crippen LogP contribution in [-0.4, -0.2) is 33.8 Å². The number of carbonyl (C=O) groups is 1. The second-order valence-electron chi connectivity index (χ2n) is 4.48. The minimum absolute atomic E-state index is 0.109. The van der Waals surface area contributed by atoms with Gasteiger partial charge in [-0.15, -0.1) is 5.10 Å². The van der Waals surface area contributed by atoms with Gasteiger partial charge in [-0.3, -0.25) is 4.79 Å². The van der Waals surface area contributed by atoms with Gasteiger partial charge in [0, 0.05) is 13.2 Å². The van der Waals surface area contributed by atoms with Crippen molar-refractivity contribution in [3.8, 4) is 0 Å². The normalized spacial score (nSPS) is 24.5. The van der Waals surface area contributed by atoms with Crippen LogP contribution in [0.3, 0.4) is 0 Å². The Morgan fingerprint density at radius 1 is 1.47 bits per heavy atom. The summed E-state index contributed by atoms with van der Waals surface area (Å²) >= 11 is 1.10. The van der Waals surface area contributed by atoms with Crippen molar-refractivity contribution in [1.82, 2.24) is 14.9 Å². The van der Waals surface area contributed by atoms with Crippen LogP contribution in [0.15, 0.2) is 6.20 Å². The molecule has 0 saturated heterocycles. The van der Waals surface area contributed by atoms with Crippen molar-refractivity contribution in [2.75, 3.05) is 13.2 Å². The lowest BCUT2D eigenvalue weighted by Gasteiger charge is -2.30. The highest BCUT2D eigenvalue weighted by Crippen LogP contribution is 2.29. The Balaban J connectivity index is 1.82. The number of aromatic nitrogens is 2. The number of hydrogen-bond donors (Lipinski definition) is 2. The van der Waals surface area contributed by atoms with E-state index in [-0.39, 0.29) is 12.5 Å². The molecular formula is C11H17N3O2S. The van der Waals surface area contributed by atoms with Gasteiger partial charge < -0.3 is 10.4 Å². The summed E-state index contributed by atoms with van der Waals surface area (Å²) < 4.78 is 3.66. The first-order valence-corrected chi connectivity index (χ1v) is 6.75. The maximum absolute atomic E-state index is 11.7. The van der Waals surface area contributed by atoms with Gasteiger partial charge in [0.2, 0.25) is 0 Å². The quantitative estimate of drug-likeness (QED) is 0.843. The van der Waals surface area contributed by atoms with E-state index >= 15 is 0 Å². The SMILES string of the molecule is O=C(NCC1CCCCC1CO)c1cnns1. The number of nitrogens with one attached hydrogen (secondary N) is 1. The zero-order valence-electron chi connectivity index (χ0n) is 9.63. The molecule has 1 saturated carbocycles. The van der Waals surface area contributed by atoms with Crippen molar-refractivity contribution < 1.29 is 9.90 Å². The first kappa shape index (κ1) is 12.4. The molecule has 1 amide bonds. The number of rotatable bonds is 4. The minimum Gasteiger partial charge on any atom is -0.396 e. The minimum atomic E-state index is -0.109. The zero-order valence-corrected chi connectivity index (χ0v) is 10.4. The number of aliphatic hydroxyl groups is 1. The van der Waals surface area contributed by atoms with Crippen molar-refractivity contribution in [1.29, 1.82) is 0 Å². The summed E-state index contributed by atoms with van der Waals surface area (Å²) in [5.41, 5.74) is 0. The molecule has 94 valence electrons. The van der Waals surface area contributed by atoms with E-state index in [1.54, 1.807) is 0 Å². The van der Waals surface area contributed by atoms with Gasteiger partial charge in [-0.2, -0.15) is 0 Å². The fourth-order valence-corrected chi connectivity index (χ4v) is 2.80. The number of amides is 1. The van der Waals surface area contributed by atoms with Crippen LogP contribution in [0, 0.1) is 11.8 Å². The third-order valence-corrected chi connectivity index (χ3v) is 4.07. The van der Waals surface area contributed by atoms with E-state index in [9.17, 15) is 9.90 Å². The maximum Gasteiger partial charge on any atom is 0.264 e. The highest BCUT2D eigenvalue weighted by atomic mass is 32.1. The molecule has 0 radical (unpaired) electrons. The van der Waals surface area contributed by atoms with Crippen LogP contribution in [0.25, 0.3) is 0 Å². The molecular weight excluding hydrogens is 238 g/mol. The Morgan fingerprint density at radius 3 is 2.88 bits per heavy atom. The standard InChI is InChI=1S/C11H17N3O2S/c15-7-9-4-2-1-3-8(9)5-12-11(16)10-6-13-14-17-10/h6,8-9,15H,1-5,7H2,(H,12,16). The number of aliphatic hydroxyl groups excluding tert-OH is 1. The Labute approximate surface area is 104 Å². The summed E-state index contributed by atoms with van der Waals surface area (Å²) in [6.45, 7) is 0.866. The van der Waals surface area contributed by atoms with Crippen LogP contribution < -0.4 is 5.32 Å². The Bertz CT molecular complexity index is 356. The number of nitrogens with zero attached hydrogens (tertiary/aromatic N) is 2. The van der Waals surface area contributed by atoms with E-state index in [1.165, 1.54) is 19.0 Å². The summed E-state index contributed by atoms with van der Waals surface area (Å²) in [5, 5.41) is 15.8. The van der Waals surface area contributed by atoms with Crippen LogP contribution >= 0.6 is 11.5 Å². The lowest BCUT2D eigenvalue weighted by Crippen LogP contribution is -2.35. The Hall–Kier alpha value is -1.01. The summed E-state index contributed by atoms with van der Waals surface area (Å²) in [6.07, 6.45) is 6.02. The Morgan fingerprint density at radius 2 is 2.24 bits per heavy atom. The van der Waals surface area contributed by atoms with Crippen molar-refractivity contribution >= 4 is 17.4 Å². The molecule has 1 heterocycles. The van der Waals surface area contributed by atoms with E-state index in [2.05, 4.69) is 14.9 Å². The van der Waals surface area contributed by atoms with Crippen LogP contribution in [0.4, 0.5) is 0 Å².